The molecule has 1 aromatic rings. The number of hydrogen-bond acceptors (Lipinski definition) is 3. The van der Waals surface area contributed by atoms with Gasteiger partial charge in [0.15, 0.2) is 0 Å². The van der Waals surface area contributed by atoms with E-state index in [9.17, 15) is 9.90 Å². The fourth-order valence-electron chi connectivity index (χ4n) is 1.12. The summed E-state index contributed by atoms with van der Waals surface area (Å²) in [6.45, 7) is 0.449. The number of carbonyl (C=O) groups excluding carboxylic acids is 1. The Morgan fingerprint density at radius 3 is 2.94 bits per heavy atom. The van der Waals surface area contributed by atoms with E-state index >= 15 is 0 Å². The van der Waals surface area contributed by atoms with Crippen molar-refractivity contribution < 1.29 is 9.90 Å². The van der Waals surface area contributed by atoms with Gasteiger partial charge in [0.25, 0.3) is 5.91 Å². The summed E-state index contributed by atoms with van der Waals surface area (Å²) in [5.41, 5.74) is 0.389. The normalized spacial score (nSPS) is 9.50. The van der Waals surface area contributed by atoms with Crippen LogP contribution in [0.3, 0.4) is 0 Å². The maximum atomic E-state index is 11.5. The Balaban J connectivity index is 2.53. The van der Waals surface area contributed by atoms with E-state index in [0.717, 1.165) is 0 Å². The van der Waals surface area contributed by atoms with Crippen LogP contribution in [-0.4, -0.2) is 17.6 Å². The molecule has 16 heavy (non-hydrogen) atoms. The van der Waals surface area contributed by atoms with Crippen molar-refractivity contribution in [3.05, 3.63) is 28.8 Å². The SMILES string of the molecule is N#CCCCNC(=O)c1ccc(O)c(Cl)c1. The number of benzene rings is 1. The molecule has 4 nitrogen and oxygen atoms in total. The van der Waals surface area contributed by atoms with Gasteiger partial charge in [-0.15, -0.1) is 0 Å². The number of nitriles is 1. The van der Waals surface area contributed by atoms with Gasteiger partial charge in [0.1, 0.15) is 5.75 Å². The van der Waals surface area contributed by atoms with Gasteiger partial charge in [-0.05, 0) is 24.6 Å². The van der Waals surface area contributed by atoms with Crippen LogP contribution in [0.4, 0.5) is 0 Å². The summed E-state index contributed by atoms with van der Waals surface area (Å²) in [5, 5.41) is 20.3. The zero-order valence-electron chi connectivity index (χ0n) is 8.53. The van der Waals surface area contributed by atoms with Crippen LogP contribution in [0, 0.1) is 11.3 Å². The Kier molecular flexibility index (Phi) is 4.62. The summed E-state index contributed by atoms with van der Waals surface area (Å²) in [4.78, 5) is 11.5. The summed E-state index contributed by atoms with van der Waals surface area (Å²) in [7, 11) is 0. The predicted molar refractivity (Wildman–Crippen MR) is 60.3 cm³/mol. The van der Waals surface area contributed by atoms with Crippen molar-refractivity contribution in [3.8, 4) is 11.8 Å². The molecule has 1 aromatic carbocycles. The Labute approximate surface area is 98.5 Å². The maximum Gasteiger partial charge on any atom is 0.251 e. The lowest BCUT2D eigenvalue weighted by atomic mass is 10.2. The number of carbonyl (C=O) groups is 1. The van der Waals surface area contributed by atoms with Gasteiger partial charge >= 0.3 is 0 Å². The quantitative estimate of drug-likeness (QED) is 0.789. The fraction of sp³-hybridized carbons (Fsp3) is 0.273. The van der Waals surface area contributed by atoms with E-state index in [-0.39, 0.29) is 16.7 Å². The molecule has 1 amide bonds. The number of nitrogens with one attached hydrogen (secondary N) is 1. The lowest BCUT2D eigenvalue weighted by Gasteiger charge is -2.04. The van der Waals surface area contributed by atoms with E-state index < -0.39 is 0 Å². The smallest absolute Gasteiger partial charge is 0.251 e. The van der Waals surface area contributed by atoms with Crippen LogP contribution in [0.25, 0.3) is 0 Å². The molecule has 0 heterocycles. The average Bonchev–Trinajstić information content (AvgIpc) is 2.28. The molecule has 0 spiro atoms. The highest BCUT2D eigenvalue weighted by atomic mass is 35.5. The first kappa shape index (κ1) is 12.3. The van der Waals surface area contributed by atoms with Crippen LogP contribution in [0.15, 0.2) is 18.2 Å². The monoisotopic (exact) mass is 238 g/mol. The number of phenolic OH excluding ortho intramolecular Hbond substituents is 1. The summed E-state index contributed by atoms with van der Waals surface area (Å²) in [6, 6.07) is 6.25. The number of rotatable bonds is 4. The maximum absolute atomic E-state index is 11.5. The Morgan fingerprint density at radius 2 is 2.31 bits per heavy atom. The summed E-state index contributed by atoms with van der Waals surface area (Å²) in [6.07, 6.45) is 1.03. The minimum atomic E-state index is -0.264. The molecule has 0 saturated carbocycles. The van der Waals surface area contributed by atoms with Gasteiger partial charge in [-0.25, -0.2) is 0 Å². The molecule has 0 unspecified atom stereocenters. The van der Waals surface area contributed by atoms with Gasteiger partial charge in [0.05, 0.1) is 11.1 Å². The second kappa shape index (κ2) is 5.99. The first-order valence-corrected chi connectivity index (χ1v) is 5.16. The number of phenols is 1. The van der Waals surface area contributed by atoms with Crippen LogP contribution >= 0.6 is 11.6 Å². The number of unbranched alkanes of at least 4 members (excludes halogenated alkanes) is 1. The number of halogens is 1. The van der Waals surface area contributed by atoms with E-state index in [1.54, 1.807) is 0 Å². The molecule has 0 aliphatic rings. The fourth-order valence-corrected chi connectivity index (χ4v) is 1.30. The predicted octanol–water partition coefficient (Wildman–Crippen LogP) is 2.08. The van der Waals surface area contributed by atoms with E-state index in [4.69, 9.17) is 16.9 Å². The molecule has 0 radical (unpaired) electrons. The molecule has 0 saturated heterocycles. The second-order valence-electron chi connectivity index (χ2n) is 3.18. The van der Waals surface area contributed by atoms with E-state index in [1.807, 2.05) is 6.07 Å². The van der Waals surface area contributed by atoms with Crippen LogP contribution in [0.5, 0.6) is 5.75 Å². The Bertz CT molecular complexity index is 426. The molecule has 0 bridgehead atoms. The molecule has 84 valence electrons. The summed E-state index contributed by atoms with van der Waals surface area (Å²) >= 11 is 5.67. The van der Waals surface area contributed by atoms with Crippen LogP contribution in [0.2, 0.25) is 5.02 Å². The number of amides is 1. The van der Waals surface area contributed by atoms with Crippen molar-refractivity contribution in [2.45, 2.75) is 12.8 Å². The van der Waals surface area contributed by atoms with Gasteiger partial charge in [-0.3, -0.25) is 4.79 Å². The molecule has 0 aliphatic carbocycles. The third-order valence-electron chi connectivity index (χ3n) is 1.96. The number of aromatic hydroxyl groups is 1. The van der Waals surface area contributed by atoms with Crippen LogP contribution in [0.1, 0.15) is 23.2 Å². The first-order valence-electron chi connectivity index (χ1n) is 4.79. The lowest BCUT2D eigenvalue weighted by molar-refractivity contribution is 0.0953. The third kappa shape index (κ3) is 3.44. The minimum Gasteiger partial charge on any atom is -0.506 e. The van der Waals surface area contributed by atoms with Gasteiger partial charge in [0.2, 0.25) is 0 Å². The largest absolute Gasteiger partial charge is 0.506 e. The molecular formula is C11H11ClN2O2. The standard InChI is InChI=1S/C11H11ClN2O2/c12-9-7-8(3-4-10(9)15)11(16)14-6-2-1-5-13/h3-4,7,15H,1-2,6H2,(H,14,16). The molecular weight excluding hydrogens is 228 g/mol. The summed E-state index contributed by atoms with van der Waals surface area (Å²) in [5.74, 6) is -0.317. The van der Waals surface area contributed by atoms with E-state index in [1.165, 1.54) is 18.2 Å². The van der Waals surface area contributed by atoms with E-state index in [2.05, 4.69) is 5.32 Å². The van der Waals surface area contributed by atoms with Crippen molar-refractivity contribution >= 4 is 17.5 Å². The van der Waals surface area contributed by atoms with Crippen molar-refractivity contribution in [1.82, 2.24) is 5.32 Å². The topological polar surface area (TPSA) is 73.1 Å². The van der Waals surface area contributed by atoms with E-state index in [0.29, 0.717) is 24.9 Å². The van der Waals surface area contributed by atoms with Crippen molar-refractivity contribution in [2.75, 3.05) is 6.54 Å². The molecule has 0 atom stereocenters. The molecule has 1 rings (SSSR count). The first-order chi connectivity index (χ1) is 7.65. The zero-order valence-corrected chi connectivity index (χ0v) is 9.29. The van der Waals surface area contributed by atoms with Gasteiger partial charge < -0.3 is 10.4 Å². The van der Waals surface area contributed by atoms with Gasteiger partial charge in [-0.2, -0.15) is 5.26 Å². The molecule has 2 N–H and O–H groups in total. The molecule has 0 fully saturated rings. The number of hydrogen-bond donors (Lipinski definition) is 2. The highest BCUT2D eigenvalue weighted by molar-refractivity contribution is 6.32. The molecule has 0 aliphatic heterocycles. The highest BCUT2D eigenvalue weighted by Crippen LogP contribution is 2.23. The van der Waals surface area contributed by atoms with Crippen LogP contribution in [-0.2, 0) is 0 Å². The zero-order chi connectivity index (χ0) is 12.0. The third-order valence-corrected chi connectivity index (χ3v) is 2.26. The second-order valence-corrected chi connectivity index (χ2v) is 3.59. The molecule has 0 aromatic heterocycles. The minimum absolute atomic E-state index is 0.0531. The van der Waals surface area contributed by atoms with Crippen LogP contribution < -0.4 is 5.32 Å². The average molecular weight is 239 g/mol. The van der Waals surface area contributed by atoms with Crippen molar-refractivity contribution in [3.63, 3.8) is 0 Å². The lowest BCUT2D eigenvalue weighted by Crippen LogP contribution is -2.24. The van der Waals surface area contributed by atoms with Crippen molar-refractivity contribution in [1.29, 1.82) is 5.26 Å². The summed E-state index contributed by atoms with van der Waals surface area (Å²) < 4.78 is 0. The highest BCUT2D eigenvalue weighted by Gasteiger charge is 2.07. The Morgan fingerprint density at radius 1 is 1.56 bits per heavy atom. The number of nitrogens with zero attached hydrogens (tertiary/aromatic N) is 1. The van der Waals surface area contributed by atoms with Gasteiger partial charge in [-0.1, -0.05) is 11.6 Å². The molecule has 5 heteroatoms. The van der Waals surface area contributed by atoms with Crippen molar-refractivity contribution in [2.24, 2.45) is 0 Å². The Hall–Kier alpha value is -1.73. The van der Waals surface area contributed by atoms with Gasteiger partial charge in [0, 0.05) is 18.5 Å².